The molecule has 0 aliphatic rings. The number of ketones is 1. The number of hydrogen-bond donors (Lipinski definition) is 1. The number of carbonyl (C=O) groups excluding carboxylic acids is 1. The maximum atomic E-state index is 13.3. The van der Waals surface area contributed by atoms with Crippen molar-refractivity contribution in [2.75, 3.05) is 0 Å². The van der Waals surface area contributed by atoms with Crippen LogP contribution in [0.5, 0.6) is 0 Å². The maximum absolute atomic E-state index is 13.3. The van der Waals surface area contributed by atoms with Gasteiger partial charge in [0.25, 0.3) is 5.56 Å². The van der Waals surface area contributed by atoms with Gasteiger partial charge < -0.3 is 4.98 Å². The number of alkyl halides is 3. The standard InChI is InChI=1S/C24H15F3N2O2/c25-24(26,27)17-9-10-19-18(13-17)21(16-6-2-1-3-7-16)22(23(31)29-19)20(30)11-8-15-5-4-12-28-14-15/h1-14H,(H,29,31)/b11-8+. The van der Waals surface area contributed by atoms with Gasteiger partial charge in [0.2, 0.25) is 0 Å². The Morgan fingerprint density at radius 2 is 1.77 bits per heavy atom. The first-order chi connectivity index (χ1) is 14.8. The Bertz CT molecular complexity index is 1340. The molecule has 4 aromatic rings. The van der Waals surface area contributed by atoms with Gasteiger partial charge in [-0.1, -0.05) is 36.4 Å². The fraction of sp³-hybridized carbons (Fsp3) is 0.0417. The summed E-state index contributed by atoms with van der Waals surface area (Å²) in [5, 5.41) is 0.138. The third kappa shape index (κ3) is 4.16. The number of halogens is 3. The first-order valence-electron chi connectivity index (χ1n) is 9.30. The quantitative estimate of drug-likeness (QED) is 0.350. The van der Waals surface area contributed by atoms with Crippen molar-refractivity contribution < 1.29 is 18.0 Å². The third-order valence-corrected chi connectivity index (χ3v) is 4.76. The van der Waals surface area contributed by atoms with E-state index in [1.165, 1.54) is 18.2 Å². The van der Waals surface area contributed by atoms with E-state index in [0.717, 1.165) is 12.1 Å². The van der Waals surface area contributed by atoms with Crippen LogP contribution in [0, 0.1) is 0 Å². The molecule has 0 atom stereocenters. The molecule has 0 amide bonds. The number of benzene rings is 2. The highest BCUT2D eigenvalue weighted by molar-refractivity contribution is 6.15. The van der Waals surface area contributed by atoms with Crippen LogP contribution in [0.15, 0.2) is 83.9 Å². The Balaban J connectivity index is 1.97. The van der Waals surface area contributed by atoms with Gasteiger partial charge in [-0.25, -0.2) is 0 Å². The second kappa shape index (κ2) is 8.02. The largest absolute Gasteiger partial charge is 0.416 e. The summed E-state index contributed by atoms with van der Waals surface area (Å²) in [6, 6.07) is 14.9. The molecule has 0 aliphatic heterocycles. The van der Waals surface area contributed by atoms with Gasteiger partial charge in [-0.05, 0) is 47.5 Å². The van der Waals surface area contributed by atoms with Crippen molar-refractivity contribution >= 4 is 22.8 Å². The molecule has 154 valence electrons. The molecule has 0 fully saturated rings. The fourth-order valence-corrected chi connectivity index (χ4v) is 3.34. The number of nitrogens with zero attached hydrogens (tertiary/aromatic N) is 1. The Kier molecular flexibility index (Phi) is 5.25. The van der Waals surface area contributed by atoms with E-state index in [-0.39, 0.29) is 22.0 Å². The predicted molar refractivity (Wildman–Crippen MR) is 113 cm³/mol. The molecule has 4 nitrogen and oxygen atoms in total. The number of rotatable bonds is 4. The smallest absolute Gasteiger partial charge is 0.321 e. The molecule has 0 aliphatic carbocycles. The molecule has 0 bridgehead atoms. The van der Waals surface area contributed by atoms with Gasteiger partial charge in [-0.3, -0.25) is 14.6 Å². The van der Waals surface area contributed by atoms with Crippen molar-refractivity contribution in [2.45, 2.75) is 6.18 Å². The van der Waals surface area contributed by atoms with Crippen molar-refractivity contribution in [3.63, 3.8) is 0 Å². The van der Waals surface area contributed by atoms with Crippen LogP contribution in [0.4, 0.5) is 13.2 Å². The van der Waals surface area contributed by atoms with Crippen molar-refractivity contribution in [3.05, 3.63) is 106 Å². The van der Waals surface area contributed by atoms with Gasteiger partial charge >= 0.3 is 6.18 Å². The average molecular weight is 420 g/mol. The number of fused-ring (bicyclic) bond motifs is 1. The molecule has 0 saturated carbocycles. The van der Waals surface area contributed by atoms with Crippen LogP contribution in [-0.2, 0) is 6.18 Å². The summed E-state index contributed by atoms with van der Waals surface area (Å²) in [6.07, 6.45) is 1.27. The van der Waals surface area contributed by atoms with E-state index in [1.807, 2.05) is 0 Å². The zero-order valence-corrected chi connectivity index (χ0v) is 16.0. The lowest BCUT2D eigenvalue weighted by Crippen LogP contribution is -2.19. The lowest BCUT2D eigenvalue weighted by atomic mass is 9.93. The Morgan fingerprint density at radius 3 is 2.45 bits per heavy atom. The minimum atomic E-state index is -4.57. The van der Waals surface area contributed by atoms with E-state index in [4.69, 9.17) is 0 Å². The maximum Gasteiger partial charge on any atom is 0.416 e. The number of nitrogens with one attached hydrogen (secondary N) is 1. The molecule has 1 N–H and O–H groups in total. The molecule has 0 radical (unpaired) electrons. The van der Waals surface area contributed by atoms with Crippen molar-refractivity contribution in [1.29, 1.82) is 0 Å². The van der Waals surface area contributed by atoms with Crippen LogP contribution in [-0.4, -0.2) is 15.8 Å². The molecule has 2 aromatic carbocycles. The number of H-pyrrole nitrogens is 1. The van der Waals surface area contributed by atoms with Crippen LogP contribution in [0.1, 0.15) is 21.5 Å². The molecule has 2 aromatic heterocycles. The van der Waals surface area contributed by atoms with E-state index in [9.17, 15) is 22.8 Å². The second-order valence-electron chi connectivity index (χ2n) is 6.81. The van der Waals surface area contributed by atoms with E-state index in [1.54, 1.807) is 54.9 Å². The van der Waals surface area contributed by atoms with Crippen LogP contribution in [0.2, 0.25) is 0 Å². The summed E-state index contributed by atoms with van der Waals surface area (Å²) in [4.78, 5) is 32.3. The molecule has 7 heteroatoms. The highest BCUT2D eigenvalue weighted by Crippen LogP contribution is 2.35. The topological polar surface area (TPSA) is 62.8 Å². The monoisotopic (exact) mass is 420 g/mol. The second-order valence-corrected chi connectivity index (χ2v) is 6.81. The third-order valence-electron chi connectivity index (χ3n) is 4.76. The van der Waals surface area contributed by atoms with E-state index < -0.39 is 23.1 Å². The first-order valence-corrected chi connectivity index (χ1v) is 9.30. The highest BCUT2D eigenvalue weighted by atomic mass is 19.4. The lowest BCUT2D eigenvalue weighted by Gasteiger charge is -2.14. The average Bonchev–Trinajstić information content (AvgIpc) is 2.77. The minimum absolute atomic E-state index is 0.138. The van der Waals surface area contributed by atoms with E-state index in [2.05, 4.69) is 9.97 Å². The highest BCUT2D eigenvalue weighted by Gasteiger charge is 2.31. The number of pyridine rings is 2. The van der Waals surface area contributed by atoms with Gasteiger partial charge in [0.15, 0.2) is 5.78 Å². The molecule has 0 unspecified atom stereocenters. The number of carbonyl (C=O) groups is 1. The van der Waals surface area contributed by atoms with E-state index in [0.29, 0.717) is 11.1 Å². The number of aromatic nitrogens is 2. The zero-order chi connectivity index (χ0) is 22.0. The molecular formula is C24H15F3N2O2. The fourth-order valence-electron chi connectivity index (χ4n) is 3.34. The summed E-state index contributed by atoms with van der Waals surface area (Å²) >= 11 is 0. The Morgan fingerprint density at radius 1 is 1.00 bits per heavy atom. The predicted octanol–water partition coefficient (Wildman–Crippen LogP) is 5.51. The minimum Gasteiger partial charge on any atom is -0.321 e. The summed E-state index contributed by atoms with van der Waals surface area (Å²) in [5.74, 6) is -0.622. The number of hydrogen-bond acceptors (Lipinski definition) is 3. The number of allylic oxidation sites excluding steroid dienone is 1. The lowest BCUT2D eigenvalue weighted by molar-refractivity contribution is -0.137. The van der Waals surface area contributed by atoms with Crippen LogP contribution in [0.25, 0.3) is 28.1 Å². The molecule has 0 spiro atoms. The van der Waals surface area contributed by atoms with Crippen LogP contribution < -0.4 is 5.56 Å². The Hall–Kier alpha value is -4.00. The van der Waals surface area contributed by atoms with Crippen molar-refractivity contribution in [2.24, 2.45) is 0 Å². The normalized spacial score (nSPS) is 11.8. The molecule has 2 heterocycles. The summed E-state index contributed by atoms with van der Waals surface area (Å²) in [7, 11) is 0. The van der Waals surface area contributed by atoms with Gasteiger partial charge in [-0.15, -0.1) is 0 Å². The molecule has 4 rings (SSSR count). The van der Waals surface area contributed by atoms with E-state index >= 15 is 0 Å². The molecule has 31 heavy (non-hydrogen) atoms. The van der Waals surface area contributed by atoms with Gasteiger partial charge in [0.05, 0.1) is 11.1 Å². The van der Waals surface area contributed by atoms with Gasteiger partial charge in [0.1, 0.15) is 0 Å². The summed E-state index contributed by atoms with van der Waals surface area (Å²) in [6.45, 7) is 0. The van der Waals surface area contributed by atoms with Gasteiger partial charge in [0, 0.05) is 28.9 Å². The van der Waals surface area contributed by atoms with Gasteiger partial charge in [-0.2, -0.15) is 13.2 Å². The first kappa shape index (κ1) is 20.3. The number of aromatic amines is 1. The summed E-state index contributed by atoms with van der Waals surface area (Å²) in [5.41, 5.74) is -0.278. The van der Waals surface area contributed by atoms with Crippen LogP contribution >= 0.6 is 0 Å². The SMILES string of the molecule is O=C(/C=C/c1cccnc1)c1c(-c2ccccc2)c2cc(C(F)(F)F)ccc2[nH]c1=O. The molecular weight excluding hydrogens is 405 g/mol. The van der Waals surface area contributed by atoms with Crippen LogP contribution in [0.3, 0.4) is 0 Å². The summed E-state index contributed by atoms with van der Waals surface area (Å²) < 4.78 is 40.0. The molecule has 0 saturated heterocycles. The zero-order valence-electron chi connectivity index (χ0n) is 16.0. The van der Waals surface area contributed by atoms with Crippen molar-refractivity contribution in [3.8, 4) is 11.1 Å². The Labute approximate surface area is 174 Å². The van der Waals surface area contributed by atoms with Crippen molar-refractivity contribution in [1.82, 2.24) is 9.97 Å².